The van der Waals surface area contributed by atoms with Gasteiger partial charge < -0.3 is 5.32 Å². The zero-order valence-electron chi connectivity index (χ0n) is 15.7. The van der Waals surface area contributed by atoms with Crippen LogP contribution in [0.2, 0.25) is 0 Å². The topological polar surface area (TPSA) is 104 Å². The molecule has 2 aromatic carbocycles. The molecule has 0 atom stereocenters. The van der Waals surface area contributed by atoms with Gasteiger partial charge in [-0.15, -0.1) is 0 Å². The number of hydrogen-bond acceptors (Lipinski definition) is 5. The van der Waals surface area contributed by atoms with E-state index in [4.69, 9.17) is 0 Å². The number of rotatable bonds is 4. The number of benzene rings is 2. The van der Waals surface area contributed by atoms with Crippen LogP contribution >= 0.6 is 0 Å². The second-order valence-electron chi connectivity index (χ2n) is 6.30. The van der Waals surface area contributed by atoms with E-state index in [-0.39, 0.29) is 17.0 Å². The van der Waals surface area contributed by atoms with Crippen molar-refractivity contribution in [2.24, 2.45) is 0 Å². The number of para-hydroxylation sites is 1. The largest absolute Gasteiger partial charge is 0.333 e. The van der Waals surface area contributed by atoms with Crippen LogP contribution in [0.4, 0.5) is 10.5 Å². The van der Waals surface area contributed by atoms with Crippen LogP contribution in [0, 0.1) is 0 Å². The van der Waals surface area contributed by atoms with E-state index in [1.54, 1.807) is 54.6 Å². The minimum atomic E-state index is -0.873. The Kier molecular flexibility index (Phi) is 5.36. The normalized spacial score (nSPS) is 14.1. The molecule has 8 nitrogen and oxygen atoms in total. The van der Waals surface area contributed by atoms with Gasteiger partial charge in [0, 0.05) is 31.3 Å². The fraction of sp³-hybridized carbons (Fsp3) is 0.0952. The Hall–Kier alpha value is -4.07. The number of barbiturate groups is 1. The summed E-state index contributed by atoms with van der Waals surface area (Å²) in [7, 11) is 2.43. The molecule has 0 radical (unpaired) electrons. The first-order chi connectivity index (χ1) is 13.8. The Morgan fingerprint density at radius 1 is 0.828 bits per heavy atom. The summed E-state index contributed by atoms with van der Waals surface area (Å²) in [6.45, 7) is 0. The predicted octanol–water partition coefficient (Wildman–Crippen LogP) is 1.83. The highest BCUT2D eigenvalue weighted by atomic mass is 16.2. The van der Waals surface area contributed by atoms with Crippen LogP contribution in [0.5, 0.6) is 0 Å². The molecular formula is C21H17N3O5. The minimum absolute atomic E-state index is 0.233. The molecule has 0 aliphatic carbocycles. The third kappa shape index (κ3) is 3.81. The van der Waals surface area contributed by atoms with Gasteiger partial charge in [0.2, 0.25) is 5.91 Å². The van der Waals surface area contributed by atoms with E-state index in [0.717, 1.165) is 15.9 Å². The maximum atomic E-state index is 12.7. The van der Waals surface area contributed by atoms with Crippen LogP contribution in [-0.4, -0.2) is 53.4 Å². The van der Waals surface area contributed by atoms with Crippen LogP contribution in [0.25, 0.3) is 0 Å². The van der Waals surface area contributed by atoms with Crippen LogP contribution in [0.3, 0.4) is 0 Å². The number of likely N-dealkylation sites (N-methyl/N-ethyl adjacent to an activating group) is 2. The molecule has 0 saturated carbocycles. The van der Waals surface area contributed by atoms with Crippen LogP contribution in [-0.2, 0) is 14.4 Å². The molecule has 5 amide bonds. The van der Waals surface area contributed by atoms with E-state index in [9.17, 15) is 24.0 Å². The molecule has 146 valence electrons. The SMILES string of the molecule is CN1C(=O)C(=CC(=O)Nc2ccccc2C(=O)c2ccccc2)C(=O)N(C)C1=O. The van der Waals surface area contributed by atoms with Gasteiger partial charge in [-0.25, -0.2) is 4.79 Å². The molecule has 1 fully saturated rings. The van der Waals surface area contributed by atoms with Crippen molar-refractivity contribution in [1.82, 2.24) is 9.80 Å². The van der Waals surface area contributed by atoms with Gasteiger partial charge in [-0.05, 0) is 12.1 Å². The standard InChI is InChI=1S/C21H17N3O5/c1-23-19(27)15(20(28)24(2)21(23)29)12-17(25)22-16-11-7-6-10-14(16)18(26)13-8-4-3-5-9-13/h3-12H,1-2H3,(H,22,25). The maximum absolute atomic E-state index is 12.7. The van der Waals surface area contributed by atoms with Crippen molar-refractivity contribution in [3.63, 3.8) is 0 Å². The summed E-state index contributed by atoms with van der Waals surface area (Å²) in [6.07, 6.45) is 0.827. The number of ketones is 1. The summed E-state index contributed by atoms with van der Waals surface area (Å²) in [5.41, 5.74) is 0.499. The summed E-state index contributed by atoms with van der Waals surface area (Å²) in [4.78, 5) is 62.8. The van der Waals surface area contributed by atoms with E-state index in [0.29, 0.717) is 5.56 Å². The van der Waals surface area contributed by atoms with Crippen molar-refractivity contribution in [2.45, 2.75) is 0 Å². The van der Waals surface area contributed by atoms with E-state index < -0.39 is 29.3 Å². The predicted molar refractivity (Wildman–Crippen MR) is 104 cm³/mol. The first kappa shape index (κ1) is 19.7. The second kappa shape index (κ2) is 7.89. The van der Waals surface area contributed by atoms with Gasteiger partial charge in [0.25, 0.3) is 11.8 Å². The Bertz CT molecular complexity index is 1030. The van der Waals surface area contributed by atoms with Crippen molar-refractivity contribution >= 4 is 35.2 Å². The number of nitrogens with zero attached hydrogens (tertiary/aromatic N) is 2. The zero-order valence-corrected chi connectivity index (χ0v) is 15.7. The molecular weight excluding hydrogens is 374 g/mol. The molecule has 0 spiro atoms. The van der Waals surface area contributed by atoms with Crippen molar-refractivity contribution in [2.75, 3.05) is 19.4 Å². The van der Waals surface area contributed by atoms with Gasteiger partial charge in [0.05, 0.1) is 5.69 Å². The summed E-state index contributed by atoms with van der Waals surface area (Å²) in [6, 6.07) is 14.2. The van der Waals surface area contributed by atoms with E-state index in [2.05, 4.69) is 5.32 Å². The Morgan fingerprint density at radius 3 is 2.00 bits per heavy atom. The number of anilines is 1. The van der Waals surface area contributed by atoms with Crippen molar-refractivity contribution in [3.05, 3.63) is 77.4 Å². The lowest BCUT2D eigenvalue weighted by atomic mass is 10.0. The van der Waals surface area contributed by atoms with Gasteiger partial charge in [-0.3, -0.25) is 29.0 Å². The smallest absolute Gasteiger partial charge is 0.322 e. The number of carbonyl (C=O) groups is 5. The maximum Gasteiger partial charge on any atom is 0.333 e. The molecule has 0 aromatic heterocycles. The number of hydrogen-bond donors (Lipinski definition) is 1. The highest BCUT2D eigenvalue weighted by Crippen LogP contribution is 2.20. The molecule has 1 heterocycles. The molecule has 1 N–H and O–H groups in total. The third-order valence-corrected chi connectivity index (χ3v) is 4.38. The molecule has 1 aliphatic heterocycles. The van der Waals surface area contributed by atoms with Crippen LogP contribution in [0.15, 0.2) is 66.2 Å². The fourth-order valence-electron chi connectivity index (χ4n) is 2.81. The van der Waals surface area contributed by atoms with E-state index in [1.165, 1.54) is 14.1 Å². The first-order valence-electron chi connectivity index (χ1n) is 8.62. The average Bonchev–Trinajstić information content (AvgIpc) is 2.74. The van der Waals surface area contributed by atoms with Gasteiger partial charge in [0.1, 0.15) is 5.57 Å². The zero-order chi connectivity index (χ0) is 21.1. The lowest BCUT2D eigenvalue weighted by Crippen LogP contribution is -2.53. The highest BCUT2D eigenvalue weighted by molar-refractivity contribution is 6.30. The van der Waals surface area contributed by atoms with Gasteiger partial charge in [-0.1, -0.05) is 42.5 Å². The molecule has 8 heteroatoms. The number of amides is 5. The quantitative estimate of drug-likeness (QED) is 0.487. The summed E-state index contributed by atoms with van der Waals surface area (Å²) in [5, 5.41) is 2.53. The lowest BCUT2D eigenvalue weighted by molar-refractivity contribution is -0.134. The number of imide groups is 2. The second-order valence-corrected chi connectivity index (χ2v) is 6.30. The Morgan fingerprint density at radius 2 is 1.38 bits per heavy atom. The van der Waals surface area contributed by atoms with Crippen LogP contribution < -0.4 is 5.32 Å². The Balaban J connectivity index is 1.88. The van der Waals surface area contributed by atoms with Crippen LogP contribution in [0.1, 0.15) is 15.9 Å². The summed E-state index contributed by atoms with van der Waals surface area (Å²) in [5.74, 6) is -2.81. The molecule has 2 aromatic rings. The van der Waals surface area contributed by atoms with Crippen molar-refractivity contribution < 1.29 is 24.0 Å². The Labute approximate surface area is 166 Å². The van der Waals surface area contributed by atoms with Crippen molar-refractivity contribution in [1.29, 1.82) is 0 Å². The third-order valence-electron chi connectivity index (χ3n) is 4.38. The number of carbonyl (C=O) groups excluding carboxylic acids is 5. The molecule has 29 heavy (non-hydrogen) atoms. The first-order valence-corrected chi connectivity index (χ1v) is 8.62. The minimum Gasteiger partial charge on any atom is -0.322 e. The van der Waals surface area contributed by atoms with E-state index in [1.807, 2.05) is 0 Å². The molecule has 1 saturated heterocycles. The van der Waals surface area contributed by atoms with Gasteiger partial charge in [0.15, 0.2) is 5.78 Å². The van der Waals surface area contributed by atoms with Gasteiger partial charge >= 0.3 is 6.03 Å². The molecule has 0 bridgehead atoms. The van der Waals surface area contributed by atoms with Gasteiger partial charge in [-0.2, -0.15) is 0 Å². The fourth-order valence-corrected chi connectivity index (χ4v) is 2.81. The summed E-state index contributed by atoms with van der Waals surface area (Å²) < 4.78 is 0. The molecule has 0 unspecified atom stereocenters. The monoisotopic (exact) mass is 391 g/mol. The molecule has 3 rings (SSSR count). The lowest BCUT2D eigenvalue weighted by Gasteiger charge is -2.28. The van der Waals surface area contributed by atoms with E-state index >= 15 is 0 Å². The molecule has 1 aliphatic rings. The number of urea groups is 1. The average molecular weight is 391 g/mol. The summed E-state index contributed by atoms with van der Waals surface area (Å²) >= 11 is 0. The number of nitrogens with one attached hydrogen (secondary N) is 1. The highest BCUT2D eigenvalue weighted by Gasteiger charge is 2.38. The van der Waals surface area contributed by atoms with Crippen molar-refractivity contribution in [3.8, 4) is 0 Å².